The van der Waals surface area contributed by atoms with E-state index in [4.69, 9.17) is 0 Å². The van der Waals surface area contributed by atoms with Gasteiger partial charge in [0.25, 0.3) is 0 Å². The first-order chi connectivity index (χ1) is 12.5. The summed E-state index contributed by atoms with van der Waals surface area (Å²) in [5, 5.41) is 8.85. The van der Waals surface area contributed by atoms with E-state index >= 15 is 0 Å². The largest absolute Gasteiger partial charge is 0.312 e. The van der Waals surface area contributed by atoms with Crippen molar-refractivity contribution in [2.45, 2.75) is 78.2 Å². The zero-order valence-corrected chi connectivity index (χ0v) is 16.4. The van der Waals surface area contributed by atoms with E-state index in [1.54, 1.807) is 0 Å². The lowest BCUT2D eigenvalue weighted by molar-refractivity contribution is -0.119. The summed E-state index contributed by atoms with van der Waals surface area (Å²) in [5.74, 6) is 3.11. The fourth-order valence-corrected chi connectivity index (χ4v) is 3.29. The van der Waals surface area contributed by atoms with Gasteiger partial charge in [0.1, 0.15) is 17.4 Å². The predicted octanol–water partition coefficient (Wildman–Crippen LogP) is 4.64. The maximum Gasteiger partial charge on any atom is 0.133 e. The summed E-state index contributed by atoms with van der Waals surface area (Å²) in [6, 6.07) is 9.03. The molecule has 0 saturated heterocycles. The van der Waals surface area contributed by atoms with Gasteiger partial charge >= 0.3 is 0 Å². The number of aromatic nitrogens is 3. The first-order valence-corrected chi connectivity index (χ1v) is 10.0. The van der Waals surface area contributed by atoms with Gasteiger partial charge in [-0.25, -0.2) is 0 Å². The number of hydrogen-bond donors (Lipinski definition) is 0. The molecule has 0 atom stereocenters. The van der Waals surface area contributed by atoms with Gasteiger partial charge in [-0.3, -0.25) is 4.79 Å². The van der Waals surface area contributed by atoms with Crippen LogP contribution < -0.4 is 0 Å². The Bertz CT molecular complexity index is 726. The molecule has 1 aliphatic carbocycles. The Morgan fingerprint density at radius 2 is 1.65 bits per heavy atom. The van der Waals surface area contributed by atoms with Gasteiger partial charge in [-0.05, 0) is 44.1 Å². The molecule has 2 aromatic rings. The second-order valence-corrected chi connectivity index (χ2v) is 8.09. The maximum absolute atomic E-state index is 12.3. The molecule has 1 aromatic carbocycles. The quantitative estimate of drug-likeness (QED) is 0.625. The first kappa shape index (κ1) is 18.8. The van der Waals surface area contributed by atoms with Crippen molar-refractivity contribution in [2.24, 2.45) is 5.92 Å². The van der Waals surface area contributed by atoms with Crippen LogP contribution in [0.3, 0.4) is 0 Å². The van der Waals surface area contributed by atoms with Gasteiger partial charge in [-0.15, -0.1) is 10.2 Å². The molecule has 0 unspecified atom stereocenters. The molecule has 0 radical (unpaired) electrons. The van der Waals surface area contributed by atoms with E-state index in [0.717, 1.165) is 37.3 Å². The molecular formula is C22H31N3O. The van der Waals surface area contributed by atoms with Crippen LogP contribution in [0, 0.1) is 12.8 Å². The standard InChI is InChI=1S/C22H31N3O/c1-16(2)4-14-21-23-24-22(25(21)19-10-11-19)15-13-20(26)12-9-18-7-5-17(3)6-8-18/h5-8,16,19H,4,9-15H2,1-3H3. The number of aryl methyl sites for hydroxylation is 4. The molecule has 3 rings (SSSR count). The van der Waals surface area contributed by atoms with Crippen molar-refractivity contribution >= 4 is 5.78 Å². The van der Waals surface area contributed by atoms with Crippen molar-refractivity contribution in [3.63, 3.8) is 0 Å². The fraction of sp³-hybridized carbons (Fsp3) is 0.591. The lowest BCUT2D eigenvalue weighted by Gasteiger charge is -2.10. The Morgan fingerprint density at radius 1 is 1.04 bits per heavy atom. The topological polar surface area (TPSA) is 47.8 Å². The van der Waals surface area contributed by atoms with Crippen molar-refractivity contribution in [1.29, 1.82) is 0 Å². The second-order valence-electron chi connectivity index (χ2n) is 8.09. The van der Waals surface area contributed by atoms with Gasteiger partial charge in [0.05, 0.1) is 0 Å². The van der Waals surface area contributed by atoms with E-state index in [0.29, 0.717) is 30.6 Å². The lowest BCUT2D eigenvalue weighted by atomic mass is 10.0. The Balaban J connectivity index is 1.52. The zero-order valence-electron chi connectivity index (χ0n) is 16.4. The summed E-state index contributed by atoms with van der Waals surface area (Å²) in [5.41, 5.74) is 2.49. The van der Waals surface area contributed by atoms with E-state index < -0.39 is 0 Å². The molecule has 0 aliphatic heterocycles. The third-order valence-corrected chi connectivity index (χ3v) is 5.13. The summed E-state index contributed by atoms with van der Waals surface area (Å²) < 4.78 is 2.33. The average Bonchev–Trinajstić information content (AvgIpc) is 3.37. The highest BCUT2D eigenvalue weighted by atomic mass is 16.1. The van der Waals surface area contributed by atoms with Crippen LogP contribution in [0.2, 0.25) is 0 Å². The van der Waals surface area contributed by atoms with E-state index in [2.05, 4.69) is 59.8 Å². The van der Waals surface area contributed by atoms with Crippen LogP contribution in [0.1, 0.15) is 74.8 Å². The number of benzene rings is 1. The van der Waals surface area contributed by atoms with Crippen LogP contribution in [-0.2, 0) is 24.1 Å². The number of rotatable bonds is 10. The van der Waals surface area contributed by atoms with E-state index in [9.17, 15) is 4.79 Å². The van der Waals surface area contributed by atoms with Crippen LogP contribution in [0.25, 0.3) is 0 Å². The van der Waals surface area contributed by atoms with Crippen molar-refractivity contribution in [3.8, 4) is 0 Å². The van der Waals surface area contributed by atoms with Gasteiger partial charge in [-0.1, -0.05) is 43.7 Å². The number of ketones is 1. The highest BCUT2D eigenvalue weighted by molar-refractivity contribution is 5.78. The predicted molar refractivity (Wildman–Crippen MR) is 104 cm³/mol. The minimum atomic E-state index is 0.319. The first-order valence-electron chi connectivity index (χ1n) is 10.0. The van der Waals surface area contributed by atoms with Crippen LogP contribution in [0.5, 0.6) is 0 Å². The molecular weight excluding hydrogens is 322 g/mol. The summed E-state index contributed by atoms with van der Waals surface area (Å²) in [6.45, 7) is 6.57. The highest BCUT2D eigenvalue weighted by Crippen LogP contribution is 2.37. The molecule has 4 heteroatoms. The molecule has 1 aromatic heterocycles. The molecule has 0 bridgehead atoms. The monoisotopic (exact) mass is 353 g/mol. The summed E-state index contributed by atoms with van der Waals surface area (Å²) in [7, 11) is 0. The van der Waals surface area contributed by atoms with Crippen molar-refractivity contribution < 1.29 is 4.79 Å². The van der Waals surface area contributed by atoms with Crippen molar-refractivity contribution in [3.05, 3.63) is 47.0 Å². The van der Waals surface area contributed by atoms with Gasteiger partial charge in [0, 0.05) is 31.7 Å². The van der Waals surface area contributed by atoms with Crippen LogP contribution in [-0.4, -0.2) is 20.5 Å². The maximum atomic E-state index is 12.3. The minimum Gasteiger partial charge on any atom is -0.312 e. The number of nitrogens with zero attached hydrogens (tertiary/aromatic N) is 3. The van der Waals surface area contributed by atoms with Crippen LogP contribution in [0.4, 0.5) is 0 Å². The lowest BCUT2D eigenvalue weighted by Crippen LogP contribution is -2.09. The van der Waals surface area contributed by atoms with Crippen LogP contribution in [0.15, 0.2) is 24.3 Å². The molecule has 0 N–H and O–H groups in total. The van der Waals surface area contributed by atoms with Crippen LogP contribution >= 0.6 is 0 Å². The third-order valence-electron chi connectivity index (χ3n) is 5.13. The molecule has 140 valence electrons. The van der Waals surface area contributed by atoms with Gasteiger partial charge in [0.2, 0.25) is 0 Å². The fourth-order valence-electron chi connectivity index (χ4n) is 3.29. The molecule has 1 heterocycles. The summed E-state index contributed by atoms with van der Waals surface area (Å²) in [6.07, 6.45) is 7.30. The Hall–Kier alpha value is -1.97. The Labute approximate surface area is 157 Å². The number of Topliss-reactive ketones (excluding diaryl/α,β-unsaturated/α-hetero) is 1. The minimum absolute atomic E-state index is 0.319. The van der Waals surface area contributed by atoms with Gasteiger partial charge in [0.15, 0.2) is 0 Å². The Kier molecular flexibility index (Phi) is 6.23. The smallest absolute Gasteiger partial charge is 0.133 e. The third kappa shape index (κ3) is 5.26. The molecule has 1 aliphatic rings. The van der Waals surface area contributed by atoms with E-state index in [1.165, 1.54) is 24.0 Å². The van der Waals surface area contributed by atoms with Gasteiger partial charge in [-0.2, -0.15) is 0 Å². The second kappa shape index (κ2) is 8.61. The normalized spacial score (nSPS) is 14.2. The highest BCUT2D eigenvalue weighted by Gasteiger charge is 2.29. The van der Waals surface area contributed by atoms with Crippen molar-refractivity contribution in [2.75, 3.05) is 0 Å². The average molecular weight is 354 g/mol. The molecule has 0 amide bonds. The molecule has 1 fully saturated rings. The summed E-state index contributed by atoms with van der Waals surface area (Å²) >= 11 is 0. The zero-order chi connectivity index (χ0) is 18.5. The number of carbonyl (C=O) groups excluding carboxylic acids is 1. The molecule has 0 spiro atoms. The molecule has 1 saturated carbocycles. The molecule has 4 nitrogen and oxygen atoms in total. The van der Waals surface area contributed by atoms with E-state index in [1.807, 2.05) is 0 Å². The van der Waals surface area contributed by atoms with Crippen molar-refractivity contribution in [1.82, 2.24) is 14.8 Å². The number of hydrogen-bond acceptors (Lipinski definition) is 3. The SMILES string of the molecule is Cc1ccc(CCC(=O)CCc2nnc(CCC(C)C)n2C2CC2)cc1. The number of carbonyl (C=O) groups is 1. The summed E-state index contributed by atoms with van der Waals surface area (Å²) in [4.78, 5) is 12.3. The van der Waals surface area contributed by atoms with Gasteiger partial charge < -0.3 is 4.57 Å². The Morgan fingerprint density at radius 3 is 2.27 bits per heavy atom. The molecule has 26 heavy (non-hydrogen) atoms. The van der Waals surface area contributed by atoms with E-state index in [-0.39, 0.29) is 0 Å².